The lowest BCUT2D eigenvalue weighted by Gasteiger charge is -2.15. The fraction of sp³-hybridized carbons (Fsp3) is 0.533. The first-order chi connectivity index (χ1) is 9.11. The fourth-order valence-electron chi connectivity index (χ4n) is 1.57. The summed E-state index contributed by atoms with van der Waals surface area (Å²) in [7, 11) is 0. The highest BCUT2D eigenvalue weighted by Crippen LogP contribution is 2.01. The molecule has 0 radical (unpaired) electrons. The van der Waals surface area contributed by atoms with Gasteiger partial charge in [-0.25, -0.2) is 0 Å². The van der Waals surface area contributed by atoms with E-state index in [1.54, 1.807) is 0 Å². The number of nitrogens with one attached hydrogen (secondary N) is 1. The molecule has 0 unspecified atom stereocenters. The second-order valence-corrected chi connectivity index (χ2v) is 4.95. The van der Waals surface area contributed by atoms with Gasteiger partial charge in [-0.05, 0) is 17.9 Å². The maximum absolute atomic E-state index is 11.6. The summed E-state index contributed by atoms with van der Waals surface area (Å²) in [6, 6.07) is 9.60. The van der Waals surface area contributed by atoms with Gasteiger partial charge >= 0.3 is 0 Å². The third kappa shape index (κ3) is 6.36. The number of carbonyl (C=O) groups excluding carboxylic acids is 1. The van der Waals surface area contributed by atoms with E-state index in [0.29, 0.717) is 19.8 Å². The molecule has 0 fully saturated rings. The van der Waals surface area contributed by atoms with Gasteiger partial charge in [-0.2, -0.15) is 0 Å². The Morgan fingerprint density at radius 2 is 2.00 bits per heavy atom. The van der Waals surface area contributed by atoms with Gasteiger partial charge in [-0.3, -0.25) is 4.79 Å². The van der Waals surface area contributed by atoms with E-state index in [1.165, 1.54) is 0 Å². The van der Waals surface area contributed by atoms with Crippen molar-refractivity contribution in [3.63, 3.8) is 0 Å². The van der Waals surface area contributed by atoms with Crippen molar-refractivity contribution in [2.45, 2.75) is 32.9 Å². The van der Waals surface area contributed by atoms with Crippen LogP contribution in [0, 0.1) is 5.92 Å². The molecule has 0 aliphatic rings. The summed E-state index contributed by atoms with van der Waals surface area (Å²) in [5.74, 6) is 0.0763. The third-order valence-electron chi connectivity index (χ3n) is 2.90. The van der Waals surface area contributed by atoms with Crippen molar-refractivity contribution in [3.05, 3.63) is 35.9 Å². The van der Waals surface area contributed by atoms with E-state index >= 15 is 0 Å². The zero-order chi connectivity index (χ0) is 14.1. The summed E-state index contributed by atoms with van der Waals surface area (Å²) in [6.45, 7) is 5.72. The van der Waals surface area contributed by atoms with E-state index in [4.69, 9.17) is 10.5 Å². The third-order valence-corrected chi connectivity index (χ3v) is 2.90. The SMILES string of the molecule is CC(C)[C@@H](N)C(=O)NCCCOCc1ccccc1. The minimum absolute atomic E-state index is 0.0851. The lowest BCUT2D eigenvalue weighted by molar-refractivity contribution is -0.123. The number of nitrogens with two attached hydrogens (primary N) is 1. The van der Waals surface area contributed by atoms with Crippen LogP contribution in [0.25, 0.3) is 0 Å². The summed E-state index contributed by atoms with van der Waals surface area (Å²) in [5, 5.41) is 2.82. The zero-order valence-electron chi connectivity index (χ0n) is 11.8. The summed E-state index contributed by atoms with van der Waals surface area (Å²) >= 11 is 0. The van der Waals surface area contributed by atoms with Crippen molar-refractivity contribution in [2.24, 2.45) is 11.7 Å². The van der Waals surface area contributed by atoms with Crippen LogP contribution < -0.4 is 11.1 Å². The van der Waals surface area contributed by atoms with E-state index in [9.17, 15) is 4.79 Å². The predicted octanol–water partition coefficient (Wildman–Crippen LogP) is 1.69. The van der Waals surface area contributed by atoms with Crippen molar-refractivity contribution < 1.29 is 9.53 Å². The average Bonchev–Trinajstić information content (AvgIpc) is 2.42. The number of ether oxygens (including phenoxy) is 1. The molecule has 19 heavy (non-hydrogen) atoms. The minimum Gasteiger partial charge on any atom is -0.377 e. The van der Waals surface area contributed by atoms with Gasteiger partial charge in [0, 0.05) is 13.2 Å². The van der Waals surface area contributed by atoms with E-state index in [-0.39, 0.29) is 11.8 Å². The van der Waals surface area contributed by atoms with Gasteiger partial charge in [0.1, 0.15) is 0 Å². The average molecular weight is 264 g/mol. The van der Waals surface area contributed by atoms with Crippen LogP contribution >= 0.6 is 0 Å². The molecule has 0 saturated carbocycles. The molecule has 1 amide bonds. The highest BCUT2D eigenvalue weighted by Gasteiger charge is 2.15. The molecular formula is C15H24N2O2. The fourth-order valence-corrected chi connectivity index (χ4v) is 1.57. The molecule has 0 aliphatic carbocycles. The predicted molar refractivity (Wildman–Crippen MR) is 76.5 cm³/mol. The van der Waals surface area contributed by atoms with Crippen molar-refractivity contribution in [1.29, 1.82) is 0 Å². The van der Waals surface area contributed by atoms with Gasteiger partial charge < -0.3 is 15.8 Å². The van der Waals surface area contributed by atoms with E-state index in [2.05, 4.69) is 5.32 Å². The van der Waals surface area contributed by atoms with Gasteiger partial charge in [0.2, 0.25) is 5.91 Å². The van der Waals surface area contributed by atoms with Crippen LogP contribution in [-0.4, -0.2) is 25.1 Å². The summed E-state index contributed by atoms with van der Waals surface area (Å²) in [4.78, 5) is 11.6. The van der Waals surface area contributed by atoms with Gasteiger partial charge in [-0.15, -0.1) is 0 Å². The quantitative estimate of drug-likeness (QED) is 0.702. The van der Waals surface area contributed by atoms with Gasteiger partial charge in [-0.1, -0.05) is 44.2 Å². The molecule has 3 N–H and O–H groups in total. The molecule has 4 nitrogen and oxygen atoms in total. The Labute approximate surface area is 115 Å². The van der Waals surface area contributed by atoms with Crippen molar-refractivity contribution in [3.8, 4) is 0 Å². The van der Waals surface area contributed by atoms with Crippen LogP contribution in [-0.2, 0) is 16.1 Å². The maximum atomic E-state index is 11.6. The number of hydrogen-bond acceptors (Lipinski definition) is 3. The molecule has 1 aromatic rings. The second-order valence-electron chi connectivity index (χ2n) is 4.95. The van der Waals surface area contributed by atoms with Crippen LogP contribution in [0.5, 0.6) is 0 Å². The maximum Gasteiger partial charge on any atom is 0.237 e. The highest BCUT2D eigenvalue weighted by atomic mass is 16.5. The molecule has 0 aromatic heterocycles. The normalized spacial score (nSPS) is 12.4. The number of rotatable bonds is 8. The van der Waals surface area contributed by atoms with E-state index in [0.717, 1.165) is 12.0 Å². The van der Waals surface area contributed by atoms with E-state index < -0.39 is 6.04 Å². The van der Waals surface area contributed by atoms with Gasteiger partial charge in [0.25, 0.3) is 0 Å². The number of hydrogen-bond donors (Lipinski definition) is 2. The largest absolute Gasteiger partial charge is 0.377 e. The second kappa shape index (κ2) is 8.67. The molecule has 0 heterocycles. The molecule has 1 rings (SSSR count). The van der Waals surface area contributed by atoms with Crippen LogP contribution in [0.2, 0.25) is 0 Å². The summed E-state index contributed by atoms with van der Waals surface area (Å²) in [5.41, 5.74) is 6.89. The van der Waals surface area contributed by atoms with Crippen LogP contribution in [0.4, 0.5) is 0 Å². The van der Waals surface area contributed by atoms with Crippen LogP contribution in [0.1, 0.15) is 25.8 Å². The number of carbonyl (C=O) groups is 1. The Kier molecular flexibility index (Phi) is 7.15. The first kappa shape index (κ1) is 15.7. The van der Waals surface area contributed by atoms with Crippen molar-refractivity contribution in [2.75, 3.05) is 13.2 Å². The standard InChI is InChI=1S/C15H24N2O2/c1-12(2)14(16)15(18)17-9-6-10-19-11-13-7-4-3-5-8-13/h3-5,7-8,12,14H,6,9-11,16H2,1-2H3,(H,17,18)/t14-/m1/s1. The lowest BCUT2D eigenvalue weighted by Crippen LogP contribution is -2.44. The zero-order valence-corrected chi connectivity index (χ0v) is 11.8. The highest BCUT2D eigenvalue weighted by molar-refractivity contribution is 5.81. The lowest BCUT2D eigenvalue weighted by atomic mass is 10.1. The molecule has 106 valence electrons. The Hall–Kier alpha value is -1.39. The van der Waals surface area contributed by atoms with Crippen LogP contribution in [0.3, 0.4) is 0 Å². The van der Waals surface area contributed by atoms with Crippen molar-refractivity contribution in [1.82, 2.24) is 5.32 Å². The molecule has 0 saturated heterocycles. The molecule has 1 atom stereocenters. The van der Waals surface area contributed by atoms with E-state index in [1.807, 2.05) is 44.2 Å². The molecular weight excluding hydrogens is 240 g/mol. The molecule has 0 aliphatic heterocycles. The van der Waals surface area contributed by atoms with Gasteiger partial charge in [0.05, 0.1) is 12.6 Å². The molecule has 1 aromatic carbocycles. The number of amides is 1. The summed E-state index contributed by atoms with van der Waals surface area (Å²) in [6.07, 6.45) is 0.795. The molecule has 0 bridgehead atoms. The Balaban J connectivity index is 2.04. The summed E-state index contributed by atoms with van der Waals surface area (Å²) < 4.78 is 5.53. The molecule has 4 heteroatoms. The topological polar surface area (TPSA) is 64.4 Å². The van der Waals surface area contributed by atoms with Crippen LogP contribution in [0.15, 0.2) is 30.3 Å². The van der Waals surface area contributed by atoms with Gasteiger partial charge in [0.15, 0.2) is 0 Å². The molecule has 0 spiro atoms. The smallest absolute Gasteiger partial charge is 0.237 e. The Morgan fingerprint density at radius 1 is 1.32 bits per heavy atom. The monoisotopic (exact) mass is 264 g/mol. The van der Waals surface area contributed by atoms with Crippen molar-refractivity contribution >= 4 is 5.91 Å². The minimum atomic E-state index is -0.426. The Bertz CT molecular complexity index is 366. The number of benzene rings is 1. The first-order valence-electron chi connectivity index (χ1n) is 6.76. The first-order valence-corrected chi connectivity index (χ1v) is 6.76. The Morgan fingerprint density at radius 3 is 2.63 bits per heavy atom.